The van der Waals surface area contributed by atoms with Crippen LogP contribution in [-0.4, -0.2) is 62.1 Å². The Hall–Kier alpha value is -2.85. The Balaban J connectivity index is 1.92. The molecule has 0 aromatic heterocycles. The van der Waals surface area contributed by atoms with E-state index in [1.807, 2.05) is 30.3 Å². The van der Waals surface area contributed by atoms with Gasteiger partial charge in [0.05, 0.1) is 0 Å². The van der Waals surface area contributed by atoms with Gasteiger partial charge in [0.15, 0.2) is 0 Å². The zero-order valence-electron chi connectivity index (χ0n) is 16.0. The number of carboxylic acids is 1. The summed E-state index contributed by atoms with van der Waals surface area (Å²) < 4.78 is 4.91. The van der Waals surface area contributed by atoms with Crippen LogP contribution in [0.4, 0.5) is 0 Å². The molecule has 9 nitrogen and oxygen atoms in total. The Kier molecular flexibility index (Phi) is 5.67. The van der Waals surface area contributed by atoms with E-state index in [9.17, 15) is 24.3 Å². The lowest BCUT2D eigenvalue weighted by Crippen LogP contribution is -2.84. The zero-order chi connectivity index (χ0) is 21.3. The molecule has 0 spiro atoms. The molecule has 0 unspecified atom stereocenters. The Bertz CT molecular complexity index is 902. The lowest BCUT2D eigenvalue weighted by Gasteiger charge is -2.58. The number of nitrogens with two attached hydrogens (primary N) is 1. The standard InChI is InChI=1S/C19H21N3O6S/c1-11(23)21(8-13-6-4-3-5-7-13)19(20)17(27)22-15(16(25)26)14(9-28-12(2)24)10-29-18(19)22/h3-7,18H,8-10,20H2,1-2H3,(H,25,26)/t18-,19+/m1/s1. The van der Waals surface area contributed by atoms with Crippen LogP contribution in [0.3, 0.4) is 0 Å². The Morgan fingerprint density at radius 2 is 1.97 bits per heavy atom. The number of hydrogen-bond donors (Lipinski definition) is 2. The van der Waals surface area contributed by atoms with Crippen molar-refractivity contribution in [3.05, 3.63) is 47.2 Å². The molecule has 10 heteroatoms. The molecular formula is C19H21N3O6S. The van der Waals surface area contributed by atoms with E-state index in [0.29, 0.717) is 5.57 Å². The van der Waals surface area contributed by atoms with E-state index >= 15 is 0 Å². The van der Waals surface area contributed by atoms with Crippen molar-refractivity contribution in [2.24, 2.45) is 5.73 Å². The average molecular weight is 419 g/mol. The third kappa shape index (κ3) is 3.60. The number of hydrogen-bond acceptors (Lipinski definition) is 7. The number of carbonyl (C=O) groups excluding carboxylic acids is 3. The molecule has 1 saturated heterocycles. The minimum atomic E-state index is -1.67. The van der Waals surface area contributed by atoms with Gasteiger partial charge in [-0.05, 0) is 5.56 Å². The molecule has 0 saturated carbocycles. The largest absolute Gasteiger partial charge is 0.477 e. The van der Waals surface area contributed by atoms with Gasteiger partial charge in [-0.1, -0.05) is 30.3 Å². The van der Waals surface area contributed by atoms with Crippen LogP contribution in [0.5, 0.6) is 0 Å². The third-order valence-corrected chi connectivity index (χ3v) is 6.23. The summed E-state index contributed by atoms with van der Waals surface area (Å²) in [4.78, 5) is 50.7. The fraction of sp³-hybridized carbons (Fsp3) is 0.368. The van der Waals surface area contributed by atoms with Crippen molar-refractivity contribution >= 4 is 35.5 Å². The van der Waals surface area contributed by atoms with Crippen LogP contribution in [-0.2, 0) is 30.5 Å². The summed E-state index contributed by atoms with van der Waals surface area (Å²) in [6, 6.07) is 9.09. The minimum absolute atomic E-state index is 0.121. The smallest absolute Gasteiger partial charge is 0.352 e. The lowest BCUT2D eigenvalue weighted by atomic mass is 9.93. The molecule has 2 amide bonds. The lowest BCUT2D eigenvalue weighted by molar-refractivity contribution is -0.173. The predicted octanol–water partition coefficient (Wildman–Crippen LogP) is 0.507. The highest BCUT2D eigenvalue weighted by atomic mass is 32.2. The number of esters is 1. The minimum Gasteiger partial charge on any atom is -0.477 e. The van der Waals surface area contributed by atoms with Crippen LogP contribution in [0.15, 0.2) is 41.6 Å². The maximum Gasteiger partial charge on any atom is 0.352 e. The molecule has 0 aliphatic carbocycles. The van der Waals surface area contributed by atoms with Crippen molar-refractivity contribution < 1.29 is 29.0 Å². The van der Waals surface area contributed by atoms with Crippen LogP contribution in [0.1, 0.15) is 19.4 Å². The summed E-state index contributed by atoms with van der Waals surface area (Å²) in [6.45, 7) is 2.43. The fourth-order valence-corrected chi connectivity index (χ4v) is 4.86. The highest BCUT2D eigenvalue weighted by molar-refractivity contribution is 8.00. The number of amides is 2. The SMILES string of the molecule is CC(=O)OCC1=C(C(=O)O)N2C(=O)[C@](N)(N(Cc3ccccc3)C(C)=O)[C@H]2SC1. The molecular weight excluding hydrogens is 398 g/mol. The predicted molar refractivity (Wildman–Crippen MR) is 104 cm³/mol. The van der Waals surface area contributed by atoms with Gasteiger partial charge in [-0.15, -0.1) is 11.8 Å². The number of β-lactam (4-membered cyclic amide) rings is 1. The summed E-state index contributed by atoms with van der Waals surface area (Å²) >= 11 is 1.23. The first-order valence-electron chi connectivity index (χ1n) is 8.82. The second-order valence-electron chi connectivity index (χ2n) is 6.79. The molecule has 1 fully saturated rings. The summed E-state index contributed by atoms with van der Waals surface area (Å²) in [5.74, 6) is -2.73. The maximum absolute atomic E-state index is 13.0. The van der Waals surface area contributed by atoms with Gasteiger partial charge < -0.3 is 14.7 Å². The maximum atomic E-state index is 13.0. The highest BCUT2D eigenvalue weighted by Gasteiger charge is 2.66. The average Bonchev–Trinajstić information content (AvgIpc) is 2.69. The Morgan fingerprint density at radius 3 is 2.52 bits per heavy atom. The van der Waals surface area contributed by atoms with E-state index in [4.69, 9.17) is 10.5 Å². The topological polar surface area (TPSA) is 130 Å². The number of benzene rings is 1. The first-order valence-corrected chi connectivity index (χ1v) is 9.87. The molecule has 2 heterocycles. The quantitative estimate of drug-likeness (QED) is 0.387. The van der Waals surface area contributed by atoms with Crippen LogP contribution in [0.2, 0.25) is 0 Å². The molecule has 3 rings (SSSR count). The molecule has 2 atom stereocenters. The van der Waals surface area contributed by atoms with Gasteiger partial charge in [0.25, 0.3) is 5.91 Å². The number of nitrogens with zero attached hydrogens (tertiary/aromatic N) is 2. The van der Waals surface area contributed by atoms with Crippen molar-refractivity contribution in [1.82, 2.24) is 9.80 Å². The molecule has 154 valence electrons. The number of fused-ring (bicyclic) bond motifs is 1. The van der Waals surface area contributed by atoms with E-state index in [1.165, 1.54) is 30.5 Å². The van der Waals surface area contributed by atoms with E-state index in [-0.39, 0.29) is 24.6 Å². The first kappa shape index (κ1) is 20.9. The van der Waals surface area contributed by atoms with Crippen molar-refractivity contribution in [2.75, 3.05) is 12.4 Å². The van der Waals surface area contributed by atoms with Gasteiger partial charge >= 0.3 is 11.9 Å². The molecule has 2 aliphatic rings. The molecule has 0 bridgehead atoms. The second kappa shape index (κ2) is 7.88. The second-order valence-corrected chi connectivity index (χ2v) is 7.86. The van der Waals surface area contributed by atoms with Gasteiger partial charge in [0.2, 0.25) is 11.6 Å². The third-order valence-electron chi connectivity index (χ3n) is 4.83. The number of ether oxygens (including phenoxy) is 1. The van der Waals surface area contributed by atoms with E-state index in [1.54, 1.807) is 0 Å². The molecule has 1 aromatic rings. The van der Waals surface area contributed by atoms with E-state index in [2.05, 4.69) is 0 Å². The Morgan fingerprint density at radius 1 is 1.31 bits per heavy atom. The summed E-state index contributed by atoms with van der Waals surface area (Å²) in [7, 11) is 0. The molecule has 29 heavy (non-hydrogen) atoms. The van der Waals surface area contributed by atoms with E-state index < -0.39 is 34.8 Å². The monoisotopic (exact) mass is 419 g/mol. The van der Waals surface area contributed by atoms with Gasteiger partial charge in [0.1, 0.15) is 17.7 Å². The molecule has 3 N–H and O–H groups in total. The van der Waals surface area contributed by atoms with E-state index in [0.717, 1.165) is 10.5 Å². The Labute approximate surface area is 171 Å². The normalized spacial score (nSPS) is 23.2. The molecule has 2 aliphatic heterocycles. The summed E-state index contributed by atoms with van der Waals surface area (Å²) in [6.07, 6.45) is 0. The fourth-order valence-electron chi connectivity index (χ4n) is 3.44. The number of aliphatic carboxylic acids is 1. The van der Waals surface area contributed by atoms with Crippen molar-refractivity contribution in [3.63, 3.8) is 0 Å². The number of rotatable bonds is 6. The summed E-state index contributed by atoms with van der Waals surface area (Å²) in [5.41, 5.74) is 5.61. The first-order chi connectivity index (χ1) is 13.7. The van der Waals surface area contributed by atoms with Gasteiger partial charge in [-0.25, -0.2) is 4.79 Å². The highest BCUT2D eigenvalue weighted by Crippen LogP contribution is 2.46. The number of carboxylic acid groups (broad SMARTS) is 1. The van der Waals surface area contributed by atoms with Crippen LogP contribution >= 0.6 is 11.8 Å². The van der Waals surface area contributed by atoms with Gasteiger partial charge in [-0.2, -0.15) is 0 Å². The summed E-state index contributed by atoms with van der Waals surface area (Å²) in [5, 5.41) is 8.89. The van der Waals surface area contributed by atoms with Crippen molar-refractivity contribution in [2.45, 2.75) is 31.4 Å². The number of carbonyl (C=O) groups is 4. The van der Waals surface area contributed by atoms with Crippen molar-refractivity contribution in [3.8, 4) is 0 Å². The zero-order valence-corrected chi connectivity index (χ0v) is 16.8. The van der Waals surface area contributed by atoms with Gasteiger partial charge in [-0.3, -0.25) is 25.0 Å². The van der Waals surface area contributed by atoms with Gasteiger partial charge in [0, 0.05) is 31.7 Å². The van der Waals surface area contributed by atoms with Crippen LogP contribution in [0.25, 0.3) is 0 Å². The van der Waals surface area contributed by atoms with Crippen LogP contribution in [0, 0.1) is 0 Å². The van der Waals surface area contributed by atoms with Crippen molar-refractivity contribution in [1.29, 1.82) is 0 Å². The molecule has 0 radical (unpaired) electrons. The van der Waals surface area contributed by atoms with Crippen LogP contribution < -0.4 is 5.73 Å². The number of thioether (sulfide) groups is 1. The molecule has 1 aromatic carbocycles.